The van der Waals surface area contributed by atoms with Gasteiger partial charge < -0.3 is 15.0 Å². The summed E-state index contributed by atoms with van der Waals surface area (Å²) in [7, 11) is 0. The number of ether oxygens (including phenoxy) is 1. The maximum atomic E-state index is 14.7. The van der Waals surface area contributed by atoms with Crippen molar-refractivity contribution in [2.45, 2.75) is 19.0 Å². The van der Waals surface area contributed by atoms with Crippen molar-refractivity contribution in [3.63, 3.8) is 0 Å². The summed E-state index contributed by atoms with van der Waals surface area (Å²) in [6, 6.07) is 12.9. The van der Waals surface area contributed by atoms with E-state index in [0.717, 1.165) is 49.9 Å². The highest BCUT2D eigenvalue weighted by Crippen LogP contribution is 2.31. The van der Waals surface area contributed by atoms with E-state index in [2.05, 4.69) is 20.2 Å². The van der Waals surface area contributed by atoms with Crippen LogP contribution in [0, 0.1) is 5.82 Å². The van der Waals surface area contributed by atoms with Gasteiger partial charge in [0, 0.05) is 30.8 Å². The van der Waals surface area contributed by atoms with Gasteiger partial charge in [0.1, 0.15) is 23.1 Å². The number of nitrogens with one attached hydrogen (secondary N) is 1. The predicted molar refractivity (Wildman–Crippen MR) is 127 cm³/mol. The minimum Gasteiger partial charge on any atom is -0.457 e. The van der Waals surface area contributed by atoms with Crippen LogP contribution in [0.15, 0.2) is 66.9 Å². The summed E-state index contributed by atoms with van der Waals surface area (Å²) >= 11 is 0. The van der Waals surface area contributed by atoms with E-state index < -0.39 is 23.5 Å². The predicted octanol–water partition coefficient (Wildman–Crippen LogP) is 6.43. The molecule has 36 heavy (non-hydrogen) atoms. The van der Waals surface area contributed by atoms with Crippen LogP contribution < -0.4 is 15.0 Å². The van der Waals surface area contributed by atoms with Crippen LogP contribution in [0.3, 0.4) is 0 Å². The van der Waals surface area contributed by atoms with E-state index in [9.17, 15) is 22.4 Å². The van der Waals surface area contributed by atoms with E-state index in [4.69, 9.17) is 4.74 Å². The van der Waals surface area contributed by atoms with Crippen molar-refractivity contribution in [2.24, 2.45) is 0 Å². The Hall–Kier alpha value is -4.21. The fourth-order valence-electron chi connectivity index (χ4n) is 3.97. The molecule has 10 heteroatoms. The molecule has 1 saturated heterocycles. The number of fused-ring (bicyclic) bond motifs is 1. The third-order valence-electron chi connectivity index (χ3n) is 5.81. The van der Waals surface area contributed by atoms with Gasteiger partial charge in [0.05, 0.1) is 28.5 Å². The zero-order valence-corrected chi connectivity index (χ0v) is 18.8. The number of carbonyl (C=O) groups is 1. The van der Waals surface area contributed by atoms with Crippen LogP contribution in [0.4, 0.5) is 29.1 Å². The molecule has 0 unspecified atom stereocenters. The van der Waals surface area contributed by atoms with Crippen molar-refractivity contribution < 1.29 is 27.1 Å². The number of rotatable bonds is 5. The lowest BCUT2D eigenvalue weighted by atomic mass is 10.1. The summed E-state index contributed by atoms with van der Waals surface area (Å²) in [6.45, 7) is 1.87. The molecule has 0 saturated carbocycles. The van der Waals surface area contributed by atoms with Gasteiger partial charge in [0.2, 0.25) is 0 Å². The highest BCUT2D eigenvalue weighted by Gasteiger charge is 2.31. The molecule has 0 radical (unpaired) electrons. The number of anilines is 2. The molecule has 4 aromatic rings. The summed E-state index contributed by atoms with van der Waals surface area (Å²) in [5.41, 5.74) is -0.0574. The second kappa shape index (κ2) is 9.44. The van der Waals surface area contributed by atoms with Gasteiger partial charge in [-0.25, -0.2) is 9.37 Å². The first kappa shape index (κ1) is 23.5. The third kappa shape index (κ3) is 5.07. The Balaban J connectivity index is 1.31. The molecule has 0 bridgehead atoms. The third-order valence-corrected chi connectivity index (χ3v) is 5.81. The molecule has 0 atom stereocenters. The molecule has 2 heterocycles. The van der Waals surface area contributed by atoms with Crippen LogP contribution in [0.5, 0.6) is 11.5 Å². The Kier molecular flexibility index (Phi) is 6.17. The Morgan fingerprint density at radius 3 is 2.44 bits per heavy atom. The molecule has 3 aromatic carbocycles. The summed E-state index contributed by atoms with van der Waals surface area (Å²) in [6.07, 6.45) is -0.615. The fourth-order valence-corrected chi connectivity index (χ4v) is 3.97. The maximum absolute atomic E-state index is 14.7. The zero-order chi connectivity index (χ0) is 25.3. The van der Waals surface area contributed by atoms with E-state index >= 15 is 0 Å². The molecule has 1 aliphatic rings. The molecule has 184 valence electrons. The molecule has 1 aliphatic heterocycles. The smallest absolute Gasteiger partial charge is 0.416 e. The summed E-state index contributed by atoms with van der Waals surface area (Å²) < 4.78 is 59.2. The first-order valence-electron chi connectivity index (χ1n) is 11.2. The number of alkyl halides is 3. The zero-order valence-electron chi connectivity index (χ0n) is 18.8. The van der Waals surface area contributed by atoms with E-state index in [0.29, 0.717) is 22.8 Å². The quantitative estimate of drug-likeness (QED) is 0.323. The lowest BCUT2D eigenvalue weighted by molar-refractivity contribution is -0.137. The van der Waals surface area contributed by atoms with Gasteiger partial charge >= 0.3 is 6.18 Å². The molecular formula is C26H20F4N4O2. The number of carbonyl (C=O) groups excluding carboxylic acids is 1. The normalized spacial score (nSPS) is 13.7. The molecule has 1 fully saturated rings. The average Bonchev–Trinajstić information content (AvgIpc) is 3.40. The molecule has 0 aliphatic carbocycles. The van der Waals surface area contributed by atoms with Crippen LogP contribution in [0.2, 0.25) is 0 Å². The minimum atomic E-state index is -4.59. The number of benzene rings is 3. The van der Waals surface area contributed by atoms with Gasteiger partial charge in [-0.05, 0) is 55.3 Å². The van der Waals surface area contributed by atoms with Gasteiger partial charge in [-0.15, -0.1) is 0 Å². The highest BCUT2D eigenvalue weighted by molar-refractivity contribution is 6.04. The van der Waals surface area contributed by atoms with Crippen molar-refractivity contribution in [3.05, 3.63) is 83.8 Å². The molecule has 5 rings (SSSR count). The lowest BCUT2D eigenvalue weighted by Gasteiger charge is -2.16. The monoisotopic (exact) mass is 496 g/mol. The molecule has 0 spiro atoms. The molecule has 1 aromatic heterocycles. The number of hydrogen-bond acceptors (Lipinski definition) is 5. The lowest BCUT2D eigenvalue weighted by Crippen LogP contribution is -2.19. The Morgan fingerprint density at radius 1 is 0.944 bits per heavy atom. The molecular weight excluding hydrogens is 476 g/mol. The summed E-state index contributed by atoms with van der Waals surface area (Å²) in [4.78, 5) is 23.7. The second-order valence-electron chi connectivity index (χ2n) is 8.35. The van der Waals surface area contributed by atoms with Gasteiger partial charge in [-0.3, -0.25) is 9.78 Å². The van der Waals surface area contributed by atoms with E-state index in [1.165, 1.54) is 18.2 Å². The number of nitrogens with zero attached hydrogens (tertiary/aromatic N) is 3. The Bertz CT molecular complexity index is 1440. The average molecular weight is 496 g/mol. The van der Waals surface area contributed by atoms with E-state index in [1.54, 1.807) is 24.4 Å². The van der Waals surface area contributed by atoms with Crippen LogP contribution in [0.25, 0.3) is 11.0 Å². The summed E-state index contributed by atoms with van der Waals surface area (Å²) in [5, 5.41) is 2.29. The molecule has 1 N–H and O–H groups in total. The number of hydrogen-bond donors (Lipinski definition) is 1. The summed E-state index contributed by atoms with van der Waals surface area (Å²) in [5.74, 6) is -0.271. The van der Waals surface area contributed by atoms with Crippen molar-refractivity contribution in [3.8, 4) is 11.5 Å². The first-order valence-corrected chi connectivity index (χ1v) is 11.2. The van der Waals surface area contributed by atoms with Crippen molar-refractivity contribution in [1.82, 2.24) is 9.97 Å². The van der Waals surface area contributed by atoms with Crippen molar-refractivity contribution in [1.29, 1.82) is 0 Å². The molecule has 6 nitrogen and oxygen atoms in total. The number of halogens is 4. The standard InChI is InChI=1S/C26H20F4N4O2/c27-20-13-18(6-8-21(20)33-25(35)16-4-3-5-17(12-16)26(28,29)30)36-19-7-9-22-23(14-19)32-24(15-31-22)34-10-1-2-11-34/h3-9,12-15H,1-2,10-11H2,(H,33,35). The Morgan fingerprint density at radius 2 is 1.69 bits per heavy atom. The largest absolute Gasteiger partial charge is 0.457 e. The van der Waals surface area contributed by atoms with Crippen molar-refractivity contribution >= 4 is 28.4 Å². The van der Waals surface area contributed by atoms with E-state index in [1.807, 2.05) is 0 Å². The fraction of sp³-hybridized carbons (Fsp3) is 0.192. The number of amides is 1. The maximum Gasteiger partial charge on any atom is 0.416 e. The minimum absolute atomic E-state index is 0.174. The SMILES string of the molecule is O=C(Nc1ccc(Oc2ccc3ncc(N4CCCC4)nc3c2)cc1F)c1cccc(C(F)(F)F)c1. The van der Waals surface area contributed by atoms with Gasteiger partial charge in [0.15, 0.2) is 0 Å². The number of aromatic nitrogens is 2. The van der Waals surface area contributed by atoms with Crippen LogP contribution in [0.1, 0.15) is 28.8 Å². The van der Waals surface area contributed by atoms with Crippen LogP contribution >= 0.6 is 0 Å². The van der Waals surface area contributed by atoms with Gasteiger partial charge in [0.25, 0.3) is 5.91 Å². The van der Waals surface area contributed by atoms with Crippen LogP contribution in [-0.4, -0.2) is 29.0 Å². The second-order valence-corrected chi connectivity index (χ2v) is 8.35. The molecule has 1 amide bonds. The Labute approximate surface area is 203 Å². The van der Waals surface area contributed by atoms with Gasteiger partial charge in [-0.1, -0.05) is 6.07 Å². The van der Waals surface area contributed by atoms with E-state index in [-0.39, 0.29) is 17.0 Å². The first-order chi connectivity index (χ1) is 17.3. The van der Waals surface area contributed by atoms with Crippen LogP contribution in [-0.2, 0) is 6.18 Å². The van der Waals surface area contributed by atoms with Gasteiger partial charge in [-0.2, -0.15) is 13.2 Å². The van der Waals surface area contributed by atoms with Crippen molar-refractivity contribution in [2.75, 3.05) is 23.3 Å². The topological polar surface area (TPSA) is 67.3 Å². The highest BCUT2D eigenvalue weighted by atomic mass is 19.4.